The van der Waals surface area contributed by atoms with Crippen LogP contribution in [0, 0.1) is 0 Å². The monoisotopic (exact) mass is 229 g/mol. The van der Waals surface area contributed by atoms with E-state index < -0.39 is 0 Å². The highest BCUT2D eigenvalue weighted by molar-refractivity contribution is 6.36. The molecule has 0 saturated carbocycles. The minimum Gasteiger partial charge on any atom is -0.353 e. The Hall–Kier alpha value is -1.80. The molecule has 1 heterocycles. The first-order valence-electron chi connectivity index (χ1n) is 4.96. The second-order valence-electron chi connectivity index (χ2n) is 3.66. The average molecular weight is 230 g/mol. The lowest BCUT2D eigenvalue weighted by molar-refractivity contribution is 1.55. The van der Waals surface area contributed by atoms with E-state index in [4.69, 9.17) is 11.6 Å². The number of hydrogen-bond donors (Lipinski definition) is 1. The van der Waals surface area contributed by atoms with Gasteiger partial charge in [0.25, 0.3) is 0 Å². The zero-order chi connectivity index (χ0) is 11.1. The van der Waals surface area contributed by atoms with E-state index >= 15 is 0 Å². The lowest BCUT2D eigenvalue weighted by Gasteiger charge is -1.91. The summed E-state index contributed by atoms with van der Waals surface area (Å²) in [5.74, 6) is 0. The largest absolute Gasteiger partial charge is 0.353 e. The molecule has 3 aromatic rings. The van der Waals surface area contributed by atoms with Crippen molar-refractivity contribution < 1.29 is 0 Å². The zero-order valence-corrected chi connectivity index (χ0v) is 9.08. The molecule has 1 aromatic heterocycles. The maximum Gasteiger partial charge on any atom is 0.188 e. The highest BCUT2D eigenvalue weighted by Crippen LogP contribution is 2.27. The predicted molar refractivity (Wildman–Crippen MR) is 67.1 cm³/mol. The molecule has 0 spiro atoms. The fourth-order valence-corrected chi connectivity index (χ4v) is 2.19. The van der Waals surface area contributed by atoms with Crippen LogP contribution in [0.5, 0.6) is 0 Å². The summed E-state index contributed by atoms with van der Waals surface area (Å²) in [5, 5.41) is 2.21. The van der Waals surface area contributed by atoms with Gasteiger partial charge in [0.05, 0.1) is 21.4 Å². The van der Waals surface area contributed by atoms with Crippen LogP contribution in [-0.4, -0.2) is 4.98 Å². The molecule has 0 saturated heterocycles. The molecule has 16 heavy (non-hydrogen) atoms. The fourth-order valence-electron chi connectivity index (χ4n) is 1.97. The third kappa shape index (κ3) is 1.24. The van der Waals surface area contributed by atoms with E-state index in [9.17, 15) is 4.79 Å². The van der Waals surface area contributed by atoms with Crippen molar-refractivity contribution >= 4 is 33.4 Å². The summed E-state index contributed by atoms with van der Waals surface area (Å²) in [6.45, 7) is 0. The highest BCUT2D eigenvalue weighted by atomic mass is 35.5. The van der Waals surface area contributed by atoms with Gasteiger partial charge in [0.1, 0.15) is 0 Å². The molecule has 2 nitrogen and oxygen atoms in total. The SMILES string of the molecule is O=c1ccccc2[nH]c3c(Cl)cccc3c12. The van der Waals surface area contributed by atoms with Crippen LogP contribution >= 0.6 is 11.6 Å². The zero-order valence-electron chi connectivity index (χ0n) is 8.33. The van der Waals surface area contributed by atoms with Gasteiger partial charge in [-0.05, 0) is 18.2 Å². The van der Waals surface area contributed by atoms with Crippen LogP contribution in [0.2, 0.25) is 5.02 Å². The lowest BCUT2D eigenvalue weighted by Crippen LogP contribution is -1.92. The summed E-state index contributed by atoms with van der Waals surface area (Å²) in [5.41, 5.74) is 1.65. The molecule has 2 aromatic carbocycles. The van der Waals surface area contributed by atoms with Gasteiger partial charge >= 0.3 is 0 Å². The van der Waals surface area contributed by atoms with E-state index in [2.05, 4.69) is 4.98 Å². The topological polar surface area (TPSA) is 32.9 Å². The molecule has 78 valence electrons. The van der Waals surface area contributed by atoms with Crippen molar-refractivity contribution in [2.45, 2.75) is 0 Å². The molecule has 0 unspecified atom stereocenters. The van der Waals surface area contributed by atoms with E-state index in [0.717, 1.165) is 16.4 Å². The number of hydrogen-bond acceptors (Lipinski definition) is 1. The Balaban J connectivity index is 2.71. The minimum absolute atomic E-state index is 0.00789. The van der Waals surface area contributed by atoms with E-state index in [1.807, 2.05) is 30.3 Å². The highest BCUT2D eigenvalue weighted by Gasteiger charge is 2.07. The Labute approximate surface area is 96.5 Å². The van der Waals surface area contributed by atoms with Crippen LogP contribution in [0.25, 0.3) is 21.8 Å². The molecule has 0 aliphatic rings. The maximum absolute atomic E-state index is 11.9. The van der Waals surface area contributed by atoms with Crippen molar-refractivity contribution in [1.82, 2.24) is 4.98 Å². The second-order valence-corrected chi connectivity index (χ2v) is 4.07. The number of halogens is 1. The van der Waals surface area contributed by atoms with Crippen LogP contribution < -0.4 is 5.43 Å². The van der Waals surface area contributed by atoms with Gasteiger partial charge in [0, 0.05) is 5.39 Å². The van der Waals surface area contributed by atoms with Crippen LogP contribution in [0.1, 0.15) is 0 Å². The summed E-state index contributed by atoms with van der Waals surface area (Å²) < 4.78 is 0. The molecule has 0 aliphatic heterocycles. The summed E-state index contributed by atoms with van der Waals surface area (Å²) in [6, 6.07) is 12.6. The number of nitrogens with one attached hydrogen (secondary N) is 1. The first-order valence-corrected chi connectivity index (χ1v) is 5.34. The summed E-state index contributed by atoms with van der Waals surface area (Å²) in [6.07, 6.45) is 0. The van der Waals surface area contributed by atoms with Crippen molar-refractivity contribution in [3.8, 4) is 0 Å². The average Bonchev–Trinajstić information content (AvgIpc) is 2.55. The molecule has 0 amide bonds. The Kier molecular flexibility index (Phi) is 1.98. The first kappa shape index (κ1) is 9.43. The molecule has 0 atom stereocenters. The first-order chi connectivity index (χ1) is 7.77. The number of aromatic amines is 1. The Bertz CT molecular complexity index is 746. The number of benzene rings is 1. The molecule has 3 rings (SSSR count). The minimum atomic E-state index is 0.00789. The van der Waals surface area contributed by atoms with Crippen molar-refractivity contribution in [2.75, 3.05) is 0 Å². The van der Waals surface area contributed by atoms with Crippen LogP contribution in [0.4, 0.5) is 0 Å². The van der Waals surface area contributed by atoms with E-state index in [1.54, 1.807) is 12.1 Å². The smallest absolute Gasteiger partial charge is 0.188 e. The third-order valence-electron chi connectivity index (χ3n) is 2.68. The molecule has 0 radical (unpaired) electrons. The maximum atomic E-state index is 11.9. The molecular weight excluding hydrogens is 222 g/mol. The standard InChI is InChI=1S/C13H8ClNO/c14-9-5-3-4-8-12-10(15-13(8)9)6-1-2-7-11(12)16/h1-7,15H. The van der Waals surface area contributed by atoms with Crippen molar-refractivity contribution in [1.29, 1.82) is 0 Å². The number of para-hydroxylation sites is 1. The van der Waals surface area contributed by atoms with E-state index in [1.165, 1.54) is 0 Å². The number of H-pyrrole nitrogens is 1. The van der Waals surface area contributed by atoms with E-state index in [0.29, 0.717) is 10.4 Å². The lowest BCUT2D eigenvalue weighted by atomic mass is 10.2. The molecule has 3 heteroatoms. The summed E-state index contributed by atoms with van der Waals surface area (Å²) in [4.78, 5) is 15.1. The molecular formula is C13H8ClNO. The van der Waals surface area contributed by atoms with Crippen LogP contribution in [-0.2, 0) is 0 Å². The quantitative estimate of drug-likeness (QED) is 0.630. The van der Waals surface area contributed by atoms with Gasteiger partial charge in [-0.15, -0.1) is 0 Å². The number of rotatable bonds is 0. The molecule has 1 N–H and O–H groups in total. The van der Waals surface area contributed by atoms with Gasteiger partial charge in [0.2, 0.25) is 0 Å². The van der Waals surface area contributed by atoms with Crippen molar-refractivity contribution in [3.05, 3.63) is 57.7 Å². The molecule has 0 bridgehead atoms. The van der Waals surface area contributed by atoms with Gasteiger partial charge in [-0.3, -0.25) is 4.79 Å². The van der Waals surface area contributed by atoms with Crippen LogP contribution in [0.15, 0.2) is 47.3 Å². The van der Waals surface area contributed by atoms with Gasteiger partial charge in [-0.25, -0.2) is 0 Å². The molecule has 0 fully saturated rings. The van der Waals surface area contributed by atoms with Gasteiger partial charge in [-0.2, -0.15) is 0 Å². The Morgan fingerprint density at radius 1 is 1.00 bits per heavy atom. The van der Waals surface area contributed by atoms with Gasteiger partial charge in [0.15, 0.2) is 5.43 Å². The van der Waals surface area contributed by atoms with Crippen molar-refractivity contribution in [2.24, 2.45) is 0 Å². The third-order valence-corrected chi connectivity index (χ3v) is 2.99. The Morgan fingerprint density at radius 3 is 2.69 bits per heavy atom. The predicted octanol–water partition coefficient (Wildman–Crippen LogP) is 3.33. The number of fused-ring (bicyclic) bond motifs is 3. The summed E-state index contributed by atoms with van der Waals surface area (Å²) >= 11 is 6.08. The summed E-state index contributed by atoms with van der Waals surface area (Å²) in [7, 11) is 0. The van der Waals surface area contributed by atoms with Gasteiger partial charge < -0.3 is 4.98 Å². The Morgan fingerprint density at radius 2 is 1.81 bits per heavy atom. The van der Waals surface area contributed by atoms with Crippen LogP contribution in [0.3, 0.4) is 0 Å². The van der Waals surface area contributed by atoms with Gasteiger partial charge in [-0.1, -0.05) is 35.9 Å². The molecule has 0 aliphatic carbocycles. The number of aromatic nitrogens is 1. The second kappa shape index (κ2) is 3.35. The van der Waals surface area contributed by atoms with E-state index in [-0.39, 0.29) is 5.43 Å². The van der Waals surface area contributed by atoms with Crippen molar-refractivity contribution in [3.63, 3.8) is 0 Å². The fraction of sp³-hybridized carbons (Fsp3) is 0. The normalized spacial score (nSPS) is 11.1.